The Morgan fingerprint density at radius 1 is 1.00 bits per heavy atom. The molecule has 0 bridgehead atoms. The van der Waals surface area contributed by atoms with Crippen LogP contribution >= 0.6 is 0 Å². The fourth-order valence-corrected chi connectivity index (χ4v) is 2.17. The zero-order valence-corrected chi connectivity index (χ0v) is 11.2. The number of hydrogen-bond acceptors (Lipinski definition) is 2. The number of benzene rings is 1. The molecule has 0 aliphatic rings. The summed E-state index contributed by atoms with van der Waals surface area (Å²) in [5.41, 5.74) is 1.15. The number of methoxy groups -OCH3 is 1. The summed E-state index contributed by atoms with van der Waals surface area (Å²) in [5.74, 6) is 0.934. The number of rotatable bonds is 3. The molecule has 2 nitrogen and oxygen atoms in total. The first kappa shape index (κ1) is 13.0. The molecule has 1 aromatic carbocycles. The van der Waals surface area contributed by atoms with Crippen LogP contribution in [0, 0.1) is 0 Å². The third kappa shape index (κ3) is 3.24. The van der Waals surface area contributed by atoms with Crippen LogP contribution in [0.2, 0.25) is 0 Å². The van der Waals surface area contributed by atoms with Crippen LogP contribution in [0.4, 0.5) is 0 Å². The van der Waals surface area contributed by atoms with E-state index in [2.05, 4.69) is 46.0 Å². The number of nitrogens with one attached hydrogen (secondary N) is 1. The Balaban J connectivity index is 3.06. The molecule has 0 aliphatic heterocycles. The maximum Gasteiger partial charge on any atom is 0.123 e. The second-order valence-electron chi connectivity index (χ2n) is 5.70. The minimum atomic E-state index is -0.106. The molecular formula is C14H23NO. The summed E-state index contributed by atoms with van der Waals surface area (Å²) >= 11 is 0. The first-order valence-electron chi connectivity index (χ1n) is 5.69. The van der Waals surface area contributed by atoms with Crippen molar-refractivity contribution in [3.8, 4) is 5.75 Å². The van der Waals surface area contributed by atoms with Crippen LogP contribution in [0.3, 0.4) is 0 Å². The summed E-state index contributed by atoms with van der Waals surface area (Å²) in [4.78, 5) is 0. The lowest BCUT2D eigenvalue weighted by Gasteiger charge is -2.36. The van der Waals surface area contributed by atoms with Gasteiger partial charge in [0.15, 0.2) is 0 Å². The fraction of sp³-hybridized carbons (Fsp3) is 0.571. The average Bonchev–Trinajstić information content (AvgIpc) is 2.14. The zero-order chi connectivity index (χ0) is 12.4. The molecule has 0 unspecified atom stereocenters. The van der Waals surface area contributed by atoms with Crippen molar-refractivity contribution in [2.45, 2.75) is 45.7 Å². The van der Waals surface area contributed by atoms with E-state index < -0.39 is 0 Å². The van der Waals surface area contributed by atoms with Gasteiger partial charge in [-0.3, -0.25) is 0 Å². The number of hydrogen-bond donors (Lipinski definition) is 1. The summed E-state index contributed by atoms with van der Waals surface area (Å²) < 4.78 is 5.41. The monoisotopic (exact) mass is 221 g/mol. The highest BCUT2D eigenvalue weighted by atomic mass is 16.5. The van der Waals surface area contributed by atoms with Crippen molar-refractivity contribution in [2.75, 3.05) is 7.11 Å². The maximum absolute atomic E-state index is 5.41. The standard InChI is InChI=1S/C14H23NO/c1-13(2,3)15-14(4,5)11-9-7-8-10-12(11)16-6/h7-10,15H,1-6H3. The van der Waals surface area contributed by atoms with Gasteiger partial charge in [0.05, 0.1) is 7.11 Å². The molecule has 0 amide bonds. The van der Waals surface area contributed by atoms with Crippen molar-refractivity contribution in [3.63, 3.8) is 0 Å². The molecule has 1 N–H and O–H groups in total. The Morgan fingerprint density at radius 2 is 1.56 bits per heavy atom. The van der Waals surface area contributed by atoms with E-state index in [0.717, 1.165) is 5.75 Å². The van der Waals surface area contributed by atoms with E-state index in [4.69, 9.17) is 4.74 Å². The van der Waals surface area contributed by atoms with Crippen LogP contribution in [-0.2, 0) is 5.54 Å². The van der Waals surface area contributed by atoms with Crippen LogP contribution in [0.1, 0.15) is 40.2 Å². The molecule has 16 heavy (non-hydrogen) atoms. The lowest BCUT2D eigenvalue weighted by molar-refractivity contribution is 0.277. The van der Waals surface area contributed by atoms with Crippen molar-refractivity contribution in [2.24, 2.45) is 0 Å². The topological polar surface area (TPSA) is 21.3 Å². The van der Waals surface area contributed by atoms with Crippen molar-refractivity contribution in [1.29, 1.82) is 0 Å². The second-order valence-corrected chi connectivity index (χ2v) is 5.70. The molecule has 0 radical (unpaired) electrons. The lowest BCUT2D eigenvalue weighted by Crippen LogP contribution is -2.48. The largest absolute Gasteiger partial charge is 0.496 e. The molecule has 0 aromatic heterocycles. The molecule has 0 heterocycles. The van der Waals surface area contributed by atoms with E-state index in [1.807, 2.05) is 18.2 Å². The Morgan fingerprint density at radius 3 is 2.06 bits per heavy atom. The Hall–Kier alpha value is -1.02. The van der Waals surface area contributed by atoms with Crippen molar-refractivity contribution in [1.82, 2.24) is 5.32 Å². The molecule has 2 heteroatoms. The Labute approximate surface area is 99.0 Å². The van der Waals surface area contributed by atoms with E-state index in [1.54, 1.807) is 7.11 Å². The van der Waals surface area contributed by atoms with E-state index in [9.17, 15) is 0 Å². The molecule has 1 aromatic rings. The molecule has 90 valence electrons. The molecule has 1 rings (SSSR count). The van der Waals surface area contributed by atoms with Crippen molar-refractivity contribution < 1.29 is 4.74 Å². The molecule has 0 saturated heterocycles. The average molecular weight is 221 g/mol. The van der Waals surface area contributed by atoms with Gasteiger partial charge in [-0.1, -0.05) is 18.2 Å². The SMILES string of the molecule is COc1ccccc1C(C)(C)NC(C)(C)C. The van der Waals surface area contributed by atoms with Gasteiger partial charge in [0, 0.05) is 16.6 Å². The summed E-state index contributed by atoms with van der Waals surface area (Å²) in [7, 11) is 1.71. The van der Waals surface area contributed by atoms with Crippen LogP contribution in [0.25, 0.3) is 0 Å². The quantitative estimate of drug-likeness (QED) is 0.845. The van der Waals surface area contributed by atoms with Crippen molar-refractivity contribution in [3.05, 3.63) is 29.8 Å². The van der Waals surface area contributed by atoms with Gasteiger partial charge in [-0.2, -0.15) is 0 Å². The van der Waals surface area contributed by atoms with Gasteiger partial charge in [-0.05, 0) is 40.7 Å². The molecule has 0 saturated carbocycles. The fourth-order valence-electron chi connectivity index (χ4n) is 2.17. The van der Waals surface area contributed by atoms with E-state index in [-0.39, 0.29) is 11.1 Å². The van der Waals surface area contributed by atoms with Gasteiger partial charge in [0.2, 0.25) is 0 Å². The molecule has 0 fully saturated rings. The summed E-state index contributed by atoms with van der Waals surface area (Å²) in [6.07, 6.45) is 0. The van der Waals surface area contributed by atoms with Crippen molar-refractivity contribution >= 4 is 0 Å². The Kier molecular flexibility index (Phi) is 3.64. The smallest absolute Gasteiger partial charge is 0.123 e. The highest BCUT2D eigenvalue weighted by Gasteiger charge is 2.28. The van der Waals surface area contributed by atoms with Gasteiger partial charge < -0.3 is 10.1 Å². The molecule has 0 spiro atoms. The minimum absolute atomic E-state index is 0.0738. The highest BCUT2D eigenvalue weighted by molar-refractivity contribution is 5.38. The van der Waals surface area contributed by atoms with Gasteiger partial charge in [0.25, 0.3) is 0 Å². The van der Waals surface area contributed by atoms with Gasteiger partial charge in [0.1, 0.15) is 5.75 Å². The molecule has 0 atom stereocenters. The predicted molar refractivity (Wildman–Crippen MR) is 68.9 cm³/mol. The van der Waals surface area contributed by atoms with Gasteiger partial charge in [-0.25, -0.2) is 0 Å². The Bertz CT molecular complexity index is 350. The highest BCUT2D eigenvalue weighted by Crippen LogP contribution is 2.30. The van der Waals surface area contributed by atoms with Gasteiger partial charge >= 0.3 is 0 Å². The molecular weight excluding hydrogens is 198 g/mol. The second kappa shape index (κ2) is 4.46. The minimum Gasteiger partial charge on any atom is -0.496 e. The van der Waals surface area contributed by atoms with E-state index >= 15 is 0 Å². The summed E-state index contributed by atoms with van der Waals surface area (Å²) in [5, 5.41) is 3.61. The third-order valence-electron chi connectivity index (χ3n) is 2.47. The third-order valence-corrected chi connectivity index (χ3v) is 2.47. The van der Waals surface area contributed by atoms with Gasteiger partial charge in [-0.15, -0.1) is 0 Å². The summed E-state index contributed by atoms with van der Waals surface area (Å²) in [6, 6.07) is 8.15. The van der Waals surface area contributed by atoms with Crippen LogP contribution < -0.4 is 10.1 Å². The number of para-hydroxylation sites is 1. The van der Waals surface area contributed by atoms with Crippen LogP contribution in [0.15, 0.2) is 24.3 Å². The zero-order valence-electron chi connectivity index (χ0n) is 11.2. The normalized spacial score (nSPS) is 12.6. The molecule has 0 aliphatic carbocycles. The summed E-state index contributed by atoms with van der Waals surface area (Å²) in [6.45, 7) is 10.9. The van der Waals surface area contributed by atoms with E-state index in [0.29, 0.717) is 0 Å². The number of ether oxygens (including phenoxy) is 1. The van der Waals surface area contributed by atoms with Crippen LogP contribution in [-0.4, -0.2) is 12.6 Å². The van der Waals surface area contributed by atoms with Crippen LogP contribution in [0.5, 0.6) is 5.75 Å². The predicted octanol–water partition coefficient (Wildman–Crippen LogP) is 3.32. The maximum atomic E-state index is 5.41. The lowest BCUT2D eigenvalue weighted by atomic mass is 9.90. The van der Waals surface area contributed by atoms with E-state index in [1.165, 1.54) is 5.56 Å². The first-order valence-corrected chi connectivity index (χ1v) is 5.69. The first-order chi connectivity index (χ1) is 7.26.